The van der Waals surface area contributed by atoms with E-state index in [-0.39, 0.29) is 0 Å². The zero-order valence-corrected chi connectivity index (χ0v) is 11.5. The second kappa shape index (κ2) is 6.35. The Labute approximate surface area is 110 Å². The molecule has 1 aliphatic rings. The van der Waals surface area contributed by atoms with Gasteiger partial charge in [0, 0.05) is 6.61 Å². The molecule has 1 saturated carbocycles. The van der Waals surface area contributed by atoms with Crippen LogP contribution in [0, 0.1) is 19.8 Å². The second-order valence-corrected chi connectivity index (χ2v) is 5.54. The van der Waals surface area contributed by atoms with Gasteiger partial charge in [0.25, 0.3) is 0 Å². The molecule has 0 spiro atoms. The van der Waals surface area contributed by atoms with Crippen LogP contribution in [0.4, 0.5) is 0 Å². The number of aryl methyl sites for hydroxylation is 2. The Balaban J connectivity index is 1.75. The van der Waals surface area contributed by atoms with Crippen molar-refractivity contribution >= 4 is 0 Å². The number of hydrogen-bond acceptors (Lipinski definition) is 2. The van der Waals surface area contributed by atoms with Gasteiger partial charge >= 0.3 is 0 Å². The minimum atomic E-state index is -0.494. The van der Waals surface area contributed by atoms with E-state index in [0.29, 0.717) is 6.61 Å². The van der Waals surface area contributed by atoms with Crippen molar-refractivity contribution in [1.82, 2.24) is 0 Å². The van der Waals surface area contributed by atoms with E-state index in [0.717, 1.165) is 30.1 Å². The molecule has 2 nitrogen and oxygen atoms in total. The summed E-state index contributed by atoms with van der Waals surface area (Å²) in [7, 11) is 0. The SMILES string of the molecule is Cc1ccc(C)c(C(O)COCCC2CCC2)c1. The van der Waals surface area contributed by atoms with Crippen molar-refractivity contribution in [2.75, 3.05) is 13.2 Å². The Bertz CT molecular complexity index is 383. The molecule has 1 N–H and O–H groups in total. The zero-order chi connectivity index (χ0) is 13.0. The maximum atomic E-state index is 10.1. The average molecular weight is 248 g/mol. The molecule has 1 aliphatic carbocycles. The summed E-state index contributed by atoms with van der Waals surface area (Å²) in [6, 6.07) is 6.18. The largest absolute Gasteiger partial charge is 0.386 e. The Morgan fingerprint density at radius 2 is 2.11 bits per heavy atom. The predicted molar refractivity (Wildman–Crippen MR) is 73.7 cm³/mol. The van der Waals surface area contributed by atoms with Gasteiger partial charge in [-0.2, -0.15) is 0 Å². The third-order valence-electron chi connectivity index (χ3n) is 3.96. The number of aliphatic hydroxyl groups is 1. The minimum Gasteiger partial charge on any atom is -0.386 e. The van der Waals surface area contributed by atoms with Crippen LogP contribution in [0.1, 0.15) is 48.5 Å². The lowest BCUT2D eigenvalue weighted by Gasteiger charge is -2.25. The highest BCUT2D eigenvalue weighted by Gasteiger charge is 2.17. The van der Waals surface area contributed by atoms with E-state index in [4.69, 9.17) is 4.74 Å². The highest BCUT2D eigenvalue weighted by atomic mass is 16.5. The van der Waals surface area contributed by atoms with Crippen LogP contribution in [0.3, 0.4) is 0 Å². The topological polar surface area (TPSA) is 29.5 Å². The molecule has 1 aromatic carbocycles. The summed E-state index contributed by atoms with van der Waals surface area (Å²) in [4.78, 5) is 0. The molecule has 1 unspecified atom stereocenters. The highest BCUT2D eigenvalue weighted by Crippen LogP contribution is 2.29. The fourth-order valence-electron chi connectivity index (χ4n) is 2.44. The average Bonchev–Trinajstić information content (AvgIpc) is 2.29. The Hall–Kier alpha value is -0.860. The van der Waals surface area contributed by atoms with Crippen LogP contribution in [0.25, 0.3) is 0 Å². The first kappa shape index (κ1) is 13.6. The maximum Gasteiger partial charge on any atom is 0.103 e. The van der Waals surface area contributed by atoms with Crippen LogP contribution < -0.4 is 0 Å². The first-order chi connectivity index (χ1) is 8.66. The molecule has 0 amide bonds. The summed E-state index contributed by atoms with van der Waals surface area (Å²) in [5.41, 5.74) is 3.32. The Kier molecular flexibility index (Phi) is 4.79. The van der Waals surface area contributed by atoms with Crippen molar-refractivity contribution in [2.45, 2.75) is 45.6 Å². The number of benzene rings is 1. The van der Waals surface area contributed by atoms with Gasteiger partial charge in [0.2, 0.25) is 0 Å². The molecule has 2 rings (SSSR count). The summed E-state index contributed by atoms with van der Waals surface area (Å²) < 4.78 is 5.60. The fourth-order valence-corrected chi connectivity index (χ4v) is 2.44. The van der Waals surface area contributed by atoms with Crippen molar-refractivity contribution < 1.29 is 9.84 Å². The zero-order valence-electron chi connectivity index (χ0n) is 11.5. The molecule has 18 heavy (non-hydrogen) atoms. The van der Waals surface area contributed by atoms with Crippen molar-refractivity contribution in [3.8, 4) is 0 Å². The summed E-state index contributed by atoms with van der Waals surface area (Å²) in [5.74, 6) is 0.878. The van der Waals surface area contributed by atoms with Crippen LogP contribution in [0.15, 0.2) is 18.2 Å². The lowest BCUT2D eigenvalue weighted by molar-refractivity contribution is 0.0263. The van der Waals surface area contributed by atoms with Crippen LogP contribution >= 0.6 is 0 Å². The summed E-state index contributed by atoms with van der Waals surface area (Å²) >= 11 is 0. The molecule has 0 saturated heterocycles. The van der Waals surface area contributed by atoms with Crippen LogP contribution in [0.5, 0.6) is 0 Å². The normalized spacial score (nSPS) is 17.5. The van der Waals surface area contributed by atoms with Gasteiger partial charge in [0.15, 0.2) is 0 Å². The Morgan fingerprint density at radius 3 is 2.78 bits per heavy atom. The van der Waals surface area contributed by atoms with E-state index in [2.05, 4.69) is 18.2 Å². The van der Waals surface area contributed by atoms with Crippen molar-refractivity contribution in [2.24, 2.45) is 5.92 Å². The molecule has 0 aromatic heterocycles. The van der Waals surface area contributed by atoms with Crippen molar-refractivity contribution in [3.05, 3.63) is 34.9 Å². The van der Waals surface area contributed by atoms with Crippen LogP contribution in [-0.2, 0) is 4.74 Å². The summed E-state index contributed by atoms with van der Waals surface area (Å²) in [5, 5.41) is 10.1. The quantitative estimate of drug-likeness (QED) is 0.780. The van der Waals surface area contributed by atoms with E-state index in [1.807, 2.05) is 13.8 Å². The fraction of sp³-hybridized carbons (Fsp3) is 0.625. The first-order valence-electron chi connectivity index (χ1n) is 7.00. The highest BCUT2D eigenvalue weighted by molar-refractivity contribution is 5.32. The van der Waals surface area contributed by atoms with Gasteiger partial charge in [0.05, 0.1) is 6.61 Å². The molecular formula is C16H24O2. The van der Waals surface area contributed by atoms with Gasteiger partial charge < -0.3 is 9.84 Å². The minimum absolute atomic E-state index is 0.414. The third-order valence-corrected chi connectivity index (χ3v) is 3.96. The van der Waals surface area contributed by atoms with Gasteiger partial charge in [-0.1, -0.05) is 43.0 Å². The summed E-state index contributed by atoms with van der Waals surface area (Å²) in [6.07, 6.45) is 4.77. The molecule has 1 aromatic rings. The van der Waals surface area contributed by atoms with E-state index in [1.165, 1.54) is 24.8 Å². The number of hydrogen-bond donors (Lipinski definition) is 1. The van der Waals surface area contributed by atoms with Crippen molar-refractivity contribution in [1.29, 1.82) is 0 Å². The van der Waals surface area contributed by atoms with Gasteiger partial charge in [-0.25, -0.2) is 0 Å². The molecule has 100 valence electrons. The standard InChI is InChI=1S/C16H24O2/c1-12-6-7-13(2)15(10-12)16(17)11-18-9-8-14-4-3-5-14/h6-7,10,14,16-17H,3-5,8-9,11H2,1-2H3. The van der Waals surface area contributed by atoms with Gasteiger partial charge in [-0.05, 0) is 37.3 Å². The van der Waals surface area contributed by atoms with Crippen molar-refractivity contribution in [3.63, 3.8) is 0 Å². The third kappa shape index (κ3) is 3.56. The lowest BCUT2D eigenvalue weighted by Crippen LogP contribution is -2.15. The number of aliphatic hydroxyl groups excluding tert-OH is 1. The predicted octanol–water partition coefficient (Wildman–Crippen LogP) is 3.54. The molecule has 0 heterocycles. The van der Waals surface area contributed by atoms with E-state index < -0.39 is 6.10 Å². The smallest absolute Gasteiger partial charge is 0.103 e. The lowest BCUT2D eigenvalue weighted by atomic mass is 9.83. The van der Waals surface area contributed by atoms with Crippen LogP contribution in [0.2, 0.25) is 0 Å². The van der Waals surface area contributed by atoms with Gasteiger partial charge in [-0.3, -0.25) is 0 Å². The molecule has 2 heteroatoms. The maximum absolute atomic E-state index is 10.1. The number of ether oxygens (including phenoxy) is 1. The van der Waals surface area contributed by atoms with Gasteiger partial charge in [0.1, 0.15) is 6.10 Å². The second-order valence-electron chi connectivity index (χ2n) is 5.54. The van der Waals surface area contributed by atoms with Crippen LogP contribution in [-0.4, -0.2) is 18.3 Å². The molecule has 1 atom stereocenters. The van der Waals surface area contributed by atoms with E-state index >= 15 is 0 Å². The summed E-state index contributed by atoms with van der Waals surface area (Å²) in [6.45, 7) is 5.28. The molecule has 0 radical (unpaired) electrons. The van der Waals surface area contributed by atoms with Gasteiger partial charge in [-0.15, -0.1) is 0 Å². The number of rotatable bonds is 6. The monoisotopic (exact) mass is 248 g/mol. The Morgan fingerprint density at radius 1 is 1.33 bits per heavy atom. The van der Waals surface area contributed by atoms with E-state index in [9.17, 15) is 5.11 Å². The molecular weight excluding hydrogens is 224 g/mol. The van der Waals surface area contributed by atoms with E-state index in [1.54, 1.807) is 0 Å². The molecule has 0 aliphatic heterocycles. The first-order valence-corrected chi connectivity index (χ1v) is 7.00. The molecule has 1 fully saturated rings. The molecule has 0 bridgehead atoms.